The average molecular weight is 236 g/mol. The number of rotatable bonds is 2. The van der Waals surface area contributed by atoms with E-state index >= 15 is 0 Å². The number of benzene rings is 1. The maximum Gasteiger partial charge on any atom is 0.227 e. The van der Waals surface area contributed by atoms with Crippen LogP contribution in [0.4, 0.5) is 5.69 Å². The number of para-hydroxylation sites is 1. The van der Waals surface area contributed by atoms with Crippen LogP contribution >= 0.6 is 11.6 Å². The third kappa shape index (κ3) is 2.64. The SMILES string of the molecule is O=C(Nc1ccccc1Cl)[C@H]1CC=CCC1. The van der Waals surface area contributed by atoms with E-state index in [1.165, 1.54) is 0 Å². The van der Waals surface area contributed by atoms with Crippen LogP contribution in [-0.4, -0.2) is 5.91 Å². The summed E-state index contributed by atoms with van der Waals surface area (Å²) in [5.41, 5.74) is 0.698. The van der Waals surface area contributed by atoms with Crippen LogP contribution < -0.4 is 5.32 Å². The molecule has 1 atom stereocenters. The summed E-state index contributed by atoms with van der Waals surface area (Å²) in [5.74, 6) is 0.152. The smallest absolute Gasteiger partial charge is 0.227 e. The van der Waals surface area contributed by atoms with E-state index < -0.39 is 0 Å². The number of hydrogen-bond acceptors (Lipinski definition) is 1. The molecule has 0 aromatic heterocycles. The van der Waals surface area contributed by atoms with E-state index in [9.17, 15) is 4.79 Å². The molecular weight excluding hydrogens is 222 g/mol. The van der Waals surface area contributed by atoms with Gasteiger partial charge in [0.2, 0.25) is 5.91 Å². The molecule has 0 saturated heterocycles. The summed E-state index contributed by atoms with van der Waals surface area (Å²) in [5, 5.41) is 3.46. The number of carbonyl (C=O) groups excluding carboxylic acids is 1. The highest BCUT2D eigenvalue weighted by Crippen LogP contribution is 2.24. The fourth-order valence-electron chi connectivity index (χ4n) is 1.83. The Balaban J connectivity index is 2.02. The zero-order valence-electron chi connectivity index (χ0n) is 8.95. The molecule has 0 spiro atoms. The Labute approximate surface area is 100 Å². The molecule has 1 amide bonds. The molecule has 2 rings (SSSR count). The highest BCUT2D eigenvalue weighted by atomic mass is 35.5. The van der Waals surface area contributed by atoms with Gasteiger partial charge in [-0.1, -0.05) is 35.9 Å². The van der Waals surface area contributed by atoms with Crippen molar-refractivity contribution in [3.05, 3.63) is 41.4 Å². The van der Waals surface area contributed by atoms with Gasteiger partial charge in [0.05, 0.1) is 10.7 Å². The number of halogens is 1. The van der Waals surface area contributed by atoms with Gasteiger partial charge in [-0.05, 0) is 31.4 Å². The van der Waals surface area contributed by atoms with Gasteiger partial charge in [0.1, 0.15) is 0 Å². The maximum atomic E-state index is 11.9. The van der Waals surface area contributed by atoms with Crippen LogP contribution in [0.25, 0.3) is 0 Å². The fourth-order valence-corrected chi connectivity index (χ4v) is 2.01. The molecular formula is C13H14ClNO. The van der Waals surface area contributed by atoms with E-state index in [-0.39, 0.29) is 11.8 Å². The van der Waals surface area contributed by atoms with E-state index in [4.69, 9.17) is 11.6 Å². The van der Waals surface area contributed by atoms with Gasteiger partial charge in [-0.2, -0.15) is 0 Å². The Bertz CT molecular complexity index is 414. The molecule has 16 heavy (non-hydrogen) atoms. The number of carbonyl (C=O) groups is 1. The van der Waals surface area contributed by atoms with Crippen molar-refractivity contribution in [2.24, 2.45) is 5.92 Å². The molecule has 0 fully saturated rings. The van der Waals surface area contributed by atoms with Gasteiger partial charge >= 0.3 is 0 Å². The molecule has 1 N–H and O–H groups in total. The summed E-state index contributed by atoms with van der Waals surface area (Å²) >= 11 is 5.98. The maximum absolute atomic E-state index is 11.9. The molecule has 3 heteroatoms. The third-order valence-electron chi connectivity index (χ3n) is 2.77. The van der Waals surface area contributed by atoms with E-state index in [1.54, 1.807) is 6.07 Å². The summed E-state index contributed by atoms with van der Waals surface area (Å²) in [4.78, 5) is 11.9. The highest BCUT2D eigenvalue weighted by Gasteiger charge is 2.19. The summed E-state index contributed by atoms with van der Waals surface area (Å²) in [6, 6.07) is 7.31. The van der Waals surface area contributed by atoms with Crippen LogP contribution in [0.3, 0.4) is 0 Å². The Morgan fingerprint density at radius 1 is 1.31 bits per heavy atom. The van der Waals surface area contributed by atoms with Crippen LogP contribution in [0.2, 0.25) is 5.02 Å². The second-order valence-electron chi connectivity index (χ2n) is 3.95. The Morgan fingerprint density at radius 2 is 2.12 bits per heavy atom. The van der Waals surface area contributed by atoms with Crippen molar-refractivity contribution < 1.29 is 4.79 Å². The van der Waals surface area contributed by atoms with Crippen LogP contribution in [0, 0.1) is 5.92 Å². The zero-order chi connectivity index (χ0) is 11.4. The molecule has 1 aliphatic rings. The second kappa shape index (κ2) is 5.17. The molecule has 84 valence electrons. The van der Waals surface area contributed by atoms with Crippen molar-refractivity contribution in [2.75, 3.05) is 5.32 Å². The molecule has 2 nitrogen and oxygen atoms in total. The Hall–Kier alpha value is -1.28. The minimum atomic E-state index is 0.0671. The second-order valence-corrected chi connectivity index (χ2v) is 4.36. The van der Waals surface area contributed by atoms with Crippen LogP contribution in [-0.2, 0) is 4.79 Å². The van der Waals surface area contributed by atoms with Crippen molar-refractivity contribution in [1.29, 1.82) is 0 Å². The van der Waals surface area contributed by atoms with Gasteiger partial charge in [0, 0.05) is 5.92 Å². The summed E-state index contributed by atoms with van der Waals surface area (Å²) in [6.45, 7) is 0. The number of amides is 1. The summed E-state index contributed by atoms with van der Waals surface area (Å²) in [7, 11) is 0. The lowest BCUT2D eigenvalue weighted by molar-refractivity contribution is -0.120. The zero-order valence-corrected chi connectivity index (χ0v) is 9.70. The molecule has 0 heterocycles. The van der Waals surface area contributed by atoms with Gasteiger partial charge in [-0.25, -0.2) is 0 Å². The Kier molecular flexibility index (Phi) is 3.62. The lowest BCUT2D eigenvalue weighted by atomic mass is 9.93. The summed E-state index contributed by atoms with van der Waals surface area (Å²) < 4.78 is 0. The van der Waals surface area contributed by atoms with Crippen molar-refractivity contribution in [3.63, 3.8) is 0 Å². The van der Waals surface area contributed by atoms with Gasteiger partial charge in [0.15, 0.2) is 0 Å². The standard InChI is InChI=1S/C13H14ClNO/c14-11-8-4-5-9-12(11)15-13(16)10-6-2-1-3-7-10/h1-2,4-5,8-10H,3,6-7H2,(H,15,16)/t10-/m0/s1. The highest BCUT2D eigenvalue weighted by molar-refractivity contribution is 6.33. The molecule has 1 aromatic carbocycles. The minimum absolute atomic E-state index is 0.0671. The predicted molar refractivity (Wildman–Crippen MR) is 66.6 cm³/mol. The van der Waals surface area contributed by atoms with Gasteiger partial charge in [0.25, 0.3) is 0 Å². The third-order valence-corrected chi connectivity index (χ3v) is 3.10. The largest absolute Gasteiger partial charge is 0.325 e. The number of hydrogen-bond donors (Lipinski definition) is 1. The van der Waals surface area contributed by atoms with E-state index in [2.05, 4.69) is 17.5 Å². The lowest BCUT2D eigenvalue weighted by Crippen LogP contribution is -2.23. The number of anilines is 1. The number of nitrogens with one attached hydrogen (secondary N) is 1. The van der Waals surface area contributed by atoms with Crippen molar-refractivity contribution >= 4 is 23.2 Å². The van der Waals surface area contributed by atoms with Crippen LogP contribution in [0.1, 0.15) is 19.3 Å². The van der Waals surface area contributed by atoms with E-state index in [1.807, 2.05) is 18.2 Å². The van der Waals surface area contributed by atoms with Crippen LogP contribution in [0.5, 0.6) is 0 Å². The molecule has 0 saturated carbocycles. The average Bonchev–Trinajstić information content (AvgIpc) is 2.33. The first-order valence-electron chi connectivity index (χ1n) is 5.48. The number of allylic oxidation sites excluding steroid dienone is 2. The van der Waals surface area contributed by atoms with Crippen LogP contribution in [0.15, 0.2) is 36.4 Å². The normalized spacial score (nSPS) is 19.4. The molecule has 0 radical (unpaired) electrons. The van der Waals surface area contributed by atoms with Gasteiger partial charge in [-0.15, -0.1) is 0 Å². The van der Waals surface area contributed by atoms with E-state index in [0.29, 0.717) is 10.7 Å². The lowest BCUT2D eigenvalue weighted by Gasteiger charge is -2.17. The molecule has 0 aliphatic heterocycles. The first kappa shape index (κ1) is 11.2. The van der Waals surface area contributed by atoms with Gasteiger partial charge in [-0.3, -0.25) is 4.79 Å². The van der Waals surface area contributed by atoms with Gasteiger partial charge < -0.3 is 5.32 Å². The molecule has 0 bridgehead atoms. The predicted octanol–water partition coefficient (Wildman–Crippen LogP) is 3.63. The minimum Gasteiger partial charge on any atom is -0.325 e. The first-order valence-corrected chi connectivity index (χ1v) is 5.85. The topological polar surface area (TPSA) is 29.1 Å². The first-order chi connectivity index (χ1) is 7.77. The van der Waals surface area contributed by atoms with Crippen molar-refractivity contribution in [2.45, 2.75) is 19.3 Å². The van der Waals surface area contributed by atoms with Crippen molar-refractivity contribution in [1.82, 2.24) is 0 Å². The quantitative estimate of drug-likeness (QED) is 0.780. The molecule has 1 aliphatic carbocycles. The summed E-state index contributed by atoms with van der Waals surface area (Å²) in [6.07, 6.45) is 6.93. The molecule has 1 aromatic rings. The monoisotopic (exact) mass is 235 g/mol. The fraction of sp³-hybridized carbons (Fsp3) is 0.308. The van der Waals surface area contributed by atoms with Crippen molar-refractivity contribution in [3.8, 4) is 0 Å². The molecule has 0 unspecified atom stereocenters. The Morgan fingerprint density at radius 3 is 2.81 bits per heavy atom. The van der Waals surface area contributed by atoms with E-state index in [0.717, 1.165) is 19.3 Å².